The van der Waals surface area contributed by atoms with E-state index in [1.165, 1.54) is 11.8 Å². The fourth-order valence-corrected chi connectivity index (χ4v) is 9.22. The molecule has 0 radical (unpaired) electrons. The number of carbonyl (C=O) groups is 2. The van der Waals surface area contributed by atoms with Crippen LogP contribution in [0.1, 0.15) is 13.3 Å². The van der Waals surface area contributed by atoms with E-state index in [0.717, 1.165) is 23.5 Å². The Morgan fingerprint density at radius 3 is 2.73 bits per heavy atom. The van der Waals surface area contributed by atoms with Crippen molar-refractivity contribution in [1.29, 1.82) is 0 Å². The maximum Gasteiger partial charge on any atom is 0.332 e. The van der Waals surface area contributed by atoms with Gasteiger partial charge in [0.1, 0.15) is 0 Å². The van der Waals surface area contributed by atoms with Crippen molar-refractivity contribution < 1.29 is 28.2 Å². The van der Waals surface area contributed by atoms with Gasteiger partial charge in [-0.15, -0.1) is 23.5 Å². The van der Waals surface area contributed by atoms with E-state index >= 15 is 0 Å². The number of hydrogen-bond acceptors (Lipinski definition) is 7. The molecule has 22 heavy (non-hydrogen) atoms. The zero-order valence-electron chi connectivity index (χ0n) is 11.8. The minimum Gasteiger partial charge on any atom is -0.480 e. The average Bonchev–Trinajstić information content (AvgIpc) is 2.89. The van der Waals surface area contributed by atoms with Crippen LogP contribution in [0.3, 0.4) is 0 Å². The van der Waals surface area contributed by atoms with Crippen LogP contribution in [0.25, 0.3) is 0 Å². The van der Waals surface area contributed by atoms with Gasteiger partial charge in [-0.25, -0.2) is 13.2 Å². The fraction of sp³-hybridized carbons (Fsp3) is 0.833. The smallest absolute Gasteiger partial charge is 0.332 e. The van der Waals surface area contributed by atoms with E-state index in [2.05, 4.69) is 0 Å². The lowest BCUT2D eigenvalue weighted by Crippen LogP contribution is -2.60. The molecule has 0 aromatic rings. The summed E-state index contributed by atoms with van der Waals surface area (Å²) >= 11 is 2.30. The molecule has 0 aromatic carbocycles. The van der Waals surface area contributed by atoms with Crippen molar-refractivity contribution in [3.05, 3.63) is 0 Å². The molecule has 0 saturated carbocycles. The number of carbonyl (C=O) groups excluding carboxylic acids is 1. The van der Waals surface area contributed by atoms with E-state index in [1.807, 2.05) is 0 Å². The first kappa shape index (κ1) is 16.4. The third-order valence-electron chi connectivity index (χ3n) is 4.27. The summed E-state index contributed by atoms with van der Waals surface area (Å²) in [6.07, 6.45) is -0.371. The Morgan fingerprint density at radius 2 is 2.23 bits per heavy atom. The van der Waals surface area contributed by atoms with Gasteiger partial charge in [0.15, 0.2) is 13.9 Å². The Morgan fingerprint density at radius 1 is 1.55 bits per heavy atom. The van der Waals surface area contributed by atoms with E-state index < -0.39 is 31.9 Å². The Labute approximate surface area is 136 Å². The highest BCUT2D eigenvalue weighted by molar-refractivity contribution is 8.20. The summed E-state index contributed by atoms with van der Waals surface area (Å²) in [5.74, 6) is -1.76. The summed E-state index contributed by atoms with van der Waals surface area (Å²) in [5.41, 5.74) is 0. The first-order valence-corrected chi connectivity index (χ1v) is 10.5. The number of rotatable bonds is 4. The van der Waals surface area contributed by atoms with Gasteiger partial charge in [0.2, 0.25) is 5.91 Å². The van der Waals surface area contributed by atoms with E-state index in [-0.39, 0.29) is 34.6 Å². The highest BCUT2D eigenvalue weighted by atomic mass is 32.2. The number of thioether (sulfide) groups is 2. The summed E-state index contributed by atoms with van der Waals surface area (Å²) in [4.78, 5) is 25.3. The number of aliphatic hydroxyl groups is 1. The topological polar surface area (TPSA) is 112 Å². The Hall–Kier alpha value is -0.450. The second kappa shape index (κ2) is 5.29. The first-order valence-electron chi connectivity index (χ1n) is 6.93. The molecule has 7 nitrogen and oxygen atoms in total. The van der Waals surface area contributed by atoms with Gasteiger partial charge in [-0.3, -0.25) is 4.79 Å². The molecule has 3 aliphatic rings. The molecule has 2 N–H and O–H groups in total. The van der Waals surface area contributed by atoms with Crippen LogP contribution in [0.2, 0.25) is 0 Å². The summed E-state index contributed by atoms with van der Waals surface area (Å²) in [5, 5.41) is 18.7. The molecule has 1 amide bonds. The molecule has 0 aliphatic carbocycles. The number of carboxylic acids is 1. The van der Waals surface area contributed by atoms with E-state index in [9.17, 15) is 28.2 Å². The minimum absolute atomic E-state index is 0.00823. The number of hydrogen-bond donors (Lipinski definition) is 2. The molecule has 3 saturated heterocycles. The number of sulfone groups is 1. The second-order valence-electron chi connectivity index (χ2n) is 5.94. The second-order valence-corrected chi connectivity index (χ2v) is 11.4. The lowest BCUT2D eigenvalue weighted by atomic mass is 9.93. The van der Waals surface area contributed by atoms with Gasteiger partial charge in [0, 0.05) is 5.25 Å². The van der Waals surface area contributed by atoms with Gasteiger partial charge in [-0.2, -0.15) is 0 Å². The van der Waals surface area contributed by atoms with Crippen LogP contribution >= 0.6 is 23.5 Å². The maximum absolute atomic E-state index is 12.0. The molecule has 5 atom stereocenters. The number of fused-ring (bicyclic) bond motifs is 1. The van der Waals surface area contributed by atoms with Crippen LogP contribution in [0, 0.1) is 5.92 Å². The monoisotopic (exact) mass is 367 g/mol. The van der Waals surface area contributed by atoms with Crippen molar-refractivity contribution >= 4 is 45.2 Å². The third-order valence-corrected chi connectivity index (χ3v) is 9.72. The molecule has 2 unspecified atom stereocenters. The molecule has 3 fully saturated rings. The number of aliphatic carboxylic acids is 1. The van der Waals surface area contributed by atoms with Gasteiger partial charge in [-0.1, -0.05) is 0 Å². The van der Waals surface area contributed by atoms with E-state index in [1.54, 1.807) is 0 Å². The van der Waals surface area contributed by atoms with Crippen LogP contribution in [0.15, 0.2) is 0 Å². The lowest BCUT2D eigenvalue weighted by molar-refractivity contribution is -0.155. The van der Waals surface area contributed by atoms with Crippen molar-refractivity contribution in [3.8, 4) is 0 Å². The van der Waals surface area contributed by atoms with Gasteiger partial charge < -0.3 is 15.1 Å². The van der Waals surface area contributed by atoms with Crippen molar-refractivity contribution in [3.63, 3.8) is 0 Å². The highest BCUT2D eigenvalue weighted by Gasteiger charge is 2.63. The Bertz CT molecular complexity index is 620. The van der Waals surface area contributed by atoms with Gasteiger partial charge >= 0.3 is 5.97 Å². The van der Waals surface area contributed by atoms with Crippen molar-refractivity contribution in [2.75, 3.05) is 18.1 Å². The zero-order valence-corrected chi connectivity index (χ0v) is 14.3. The van der Waals surface area contributed by atoms with Crippen LogP contribution in [0.4, 0.5) is 0 Å². The molecule has 0 bridgehead atoms. The SMILES string of the molecule is C[C@@H](O)[C@H]1C(=O)N2CC(SC3CCS(=O)(=O)C3)(C(=O)O)S[C@H]12. The Kier molecular flexibility index (Phi) is 3.94. The zero-order chi connectivity index (χ0) is 16.3. The summed E-state index contributed by atoms with van der Waals surface area (Å²) in [7, 11) is -3.08. The first-order chi connectivity index (χ1) is 10.2. The van der Waals surface area contributed by atoms with Crippen LogP contribution in [-0.2, 0) is 19.4 Å². The highest BCUT2D eigenvalue weighted by Crippen LogP contribution is 2.56. The quantitative estimate of drug-likeness (QED) is 0.646. The van der Waals surface area contributed by atoms with Gasteiger partial charge in [0.25, 0.3) is 0 Å². The van der Waals surface area contributed by atoms with Crippen molar-refractivity contribution in [2.24, 2.45) is 5.92 Å². The number of nitrogens with zero attached hydrogens (tertiary/aromatic N) is 1. The summed E-state index contributed by atoms with van der Waals surface area (Å²) in [6.45, 7) is 1.58. The standard InChI is InChI=1S/C12H17NO6S3/c1-6(14)8-9(15)13-5-12(11(16)17,21-10(8)13)20-7-2-3-22(18,19)4-7/h6-8,10,14H,2-5H2,1H3,(H,16,17)/t6-,7?,8+,10-,12?/m1/s1. The predicted octanol–water partition coefficient (Wildman–Crippen LogP) is -0.400. The van der Waals surface area contributed by atoms with Crippen LogP contribution in [-0.4, -0.2) is 74.3 Å². The van der Waals surface area contributed by atoms with Gasteiger partial charge in [0.05, 0.1) is 35.4 Å². The lowest BCUT2D eigenvalue weighted by Gasteiger charge is -2.42. The molecule has 0 aromatic heterocycles. The number of aliphatic hydroxyl groups excluding tert-OH is 1. The average molecular weight is 367 g/mol. The molecule has 124 valence electrons. The largest absolute Gasteiger partial charge is 0.480 e. The molecule has 3 heterocycles. The van der Waals surface area contributed by atoms with Crippen LogP contribution < -0.4 is 0 Å². The summed E-state index contributed by atoms with van der Waals surface area (Å²) in [6, 6.07) is 0. The van der Waals surface area contributed by atoms with Crippen molar-refractivity contribution in [1.82, 2.24) is 4.90 Å². The Balaban J connectivity index is 1.78. The molecule has 3 rings (SSSR count). The predicted molar refractivity (Wildman–Crippen MR) is 83.3 cm³/mol. The molecule has 0 spiro atoms. The maximum atomic E-state index is 12.0. The third kappa shape index (κ3) is 2.53. The number of amides is 1. The molecular weight excluding hydrogens is 350 g/mol. The molecule has 3 aliphatic heterocycles. The fourth-order valence-electron chi connectivity index (χ4n) is 3.11. The normalized spacial score (nSPS) is 41.1. The summed E-state index contributed by atoms with van der Waals surface area (Å²) < 4.78 is 21.9. The van der Waals surface area contributed by atoms with Crippen LogP contribution in [0.5, 0.6) is 0 Å². The van der Waals surface area contributed by atoms with E-state index in [4.69, 9.17) is 0 Å². The van der Waals surface area contributed by atoms with E-state index in [0.29, 0.717) is 6.42 Å². The minimum atomic E-state index is -3.08. The molecular formula is C12H17NO6S3. The molecule has 10 heteroatoms. The number of β-lactam (4-membered cyclic amide) rings is 1. The van der Waals surface area contributed by atoms with Crippen molar-refractivity contribution in [2.45, 2.75) is 34.2 Å². The van der Waals surface area contributed by atoms with Gasteiger partial charge in [-0.05, 0) is 13.3 Å². The number of carboxylic acid groups (broad SMARTS) is 1.